The minimum absolute atomic E-state index is 0. The van der Waals surface area contributed by atoms with Gasteiger partial charge >= 0.3 is 0 Å². The molecule has 2 heterocycles. The van der Waals surface area contributed by atoms with Gasteiger partial charge in [0.05, 0.1) is 12.7 Å². The summed E-state index contributed by atoms with van der Waals surface area (Å²) in [6.45, 7) is 4.15. The van der Waals surface area contributed by atoms with E-state index in [1.165, 1.54) is 0 Å². The predicted molar refractivity (Wildman–Crippen MR) is 53.5 cm³/mol. The molecule has 2 rings (SSSR count). The van der Waals surface area contributed by atoms with Gasteiger partial charge in [0.15, 0.2) is 0 Å². The lowest BCUT2D eigenvalue weighted by Gasteiger charge is -2.25. The number of ether oxygens (including phenoxy) is 1. The van der Waals surface area contributed by atoms with Crippen molar-refractivity contribution in [1.82, 2.24) is 10.2 Å². The van der Waals surface area contributed by atoms with Crippen LogP contribution in [0.3, 0.4) is 0 Å². The SMILES string of the molecule is CN1CC2NCCOC2C1.Cl.Cl. The van der Waals surface area contributed by atoms with Crippen molar-refractivity contribution in [2.75, 3.05) is 33.3 Å². The third-order valence-electron chi connectivity index (χ3n) is 2.29. The van der Waals surface area contributed by atoms with E-state index in [2.05, 4.69) is 17.3 Å². The van der Waals surface area contributed by atoms with Crippen molar-refractivity contribution >= 4 is 24.8 Å². The fourth-order valence-electron chi connectivity index (χ4n) is 1.78. The van der Waals surface area contributed by atoms with Crippen molar-refractivity contribution in [2.45, 2.75) is 12.1 Å². The zero-order valence-corrected chi connectivity index (χ0v) is 8.79. The second-order valence-corrected chi connectivity index (χ2v) is 3.19. The number of morpholine rings is 1. The molecule has 2 unspecified atom stereocenters. The molecule has 0 aromatic heterocycles. The van der Waals surface area contributed by atoms with E-state index in [-0.39, 0.29) is 24.8 Å². The topological polar surface area (TPSA) is 24.5 Å². The molecule has 0 saturated carbocycles. The first kappa shape index (κ1) is 12.5. The summed E-state index contributed by atoms with van der Waals surface area (Å²) in [7, 11) is 2.14. The van der Waals surface area contributed by atoms with E-state index < -0.39 is 0 Å². The summed E-state index contributed by atoms with van der Waals surface area (Å²) >= 11 is 0. The van der Waals surface area contributed by atoms with Gasteiger partial charge in [0, 0.05) is 25.7 Å². The van der Waals surface area contributed by atoms with Gasteiger partial charge < -0.3 is 15.0 Å². The van der Waals surface area contributed by atoms with Gasteiger partial charge in [-0.05, 0) is 7.05 Å². The quantitative estimate of drug-likeness (QED) is 0.621. The third-order valence-corrected chi connectivity index (χ3v) is 2.29. The Morgan fingerprint density at radius 1 is 1.33 bits per heavy atom. The van der Waals surface area contributed by atoms with E-state index >= 15 is 0 Å². The fourth-order valence-corrected chi connectivity index (χ4v) is 1.78. The second-order valence-electron chi connectivity index (χ2n) is 3.19. The Morgan fingerprint density at radius 2 is 2.08 bits per heavy atom. The molecule has 1 N–H and O–H groups in total. The van der Waals surface area contributed by atoms with Crippen LogP contribution in [-0.4, -0.2) is 50.3 Å². The maximum Gasteiger partial charge on any atom is 0.0867 e. The summed E-state index contributed by atoms with van der Waals surface area (Å²) in [5.41, 5.74) is 0. The molecule has 2 fully saturated rings. The molecule has 2 aliphatic rings. The van der Waals surface area contributed by atoms with E-state index in [9.17, 15) is 0 Å². The molecule has 0 amide bonds. The first-order valence-corrected chi connectivity index (χ1v) is 3.90. The summed E-state index contributed by atoms with van der Waals surface area (Å²) in [6.07, 6.45) is 0.457. The molecule has 0 aromatic rings. The molecular formula is C7H16Cl2N2O. The molecule has 2 aliphatic heterocycles. The highest BCUT2D eigenvalue weighted by atomic mass is 35.5. The normalized spacial score (nSPS) is 34.8. The number of likely N-dealkylation sites (tertiary alicyclic amines) is 1. The van der Waals surface area contributed by atoms with E-state index in [1.807, 2.05) is 0 Å². The van der Waals surface area contributed by atoms with Crippen molar-refractivity contribution in [2.24, 2.45) is 0 Å². The summed E-state index contributed by atoms with van der Waals surface area (Å²) in [4.78, 5) is 2.31. The monoisotopic (exact) mass is 214 g/mol. The fraction of sp³-hybridized carbons (Fsp3) is 1.00. The average Bonchev–Trinajstić information content (AvgIpc) is 2.27. The lowest BCUT2D eigenvalue weighted by Crippen LogP contribution is -2.47. The summed E-state index contributed by atoms with van der Waals surface area (Å²) in [5, 5.41) is 3.44. The van der Waals surface area contributed by atoms with Crippen molar-refractivity contribution < 1.29 is 4.74 Å². The van der Waals surface area contributed by atoms with Gasteiger partial charge in [-0.15, -0.1) is 24.8 Å². The lowest BCUT2D eigenvalue weighted by molar-refractivity contribution is 0.0184. The van der Waals surface area contributed by atoms with Crippen LogP contribution in [0.5, 0.6) is 0 Å². The molecular weight excluding hydrogens is 199 g/mol. The number of likely N-dealkylation sites (N-methyl/N-ethyl adjacent to an activating group) is 1. The van der Waals surface area contributed by atoms with Gasteiger partial charge in [-0.25, -0.2) is 0 Å². The summed E-state index contributed by atoms with van der Waals surface area (Å²) in [5.74, 6) is 0. The van der Waals surface area contributed by atoms with Gasteiger partial charge in [0.1, 0.15) is 0 Å². The number of hydrogen-bond acceptors (Lipinski definition) is 3. The maximum absolute atomic E-state index is 5.57. The van der Waals surface area contributed by atoms with E-state index in [1.54, 1.807) is 0 Å². The Bertz CT molecular complexity index is 123. The van der Waals surface area contributed by atoms with Crippen LogP contribution in [0, 0.1) is 0 Å². The molecule has 0 aromatic carbocycles. The minimum Gasteiger partial charge on any atom is -0.374 e. The number of rotatable bonds is 0. The molecule has 5 heteroatoms. The van der Waals surface area contributed by atoms with Crippen LogP contribution < -0.4 is 5.32 Å². The number of nitrogens with zero attached hydrogens (tertiary/aromatic N) is 1. The molecule has 74 valence electrons. The summed E-state index contributed by atoms with van der Waals surface area (Å²) < 4.78 is 5.57. The van der Waals surface area contributed by atoms with Crippen molar-refractivity contribution in [3.05, 3.63) is 0 Å². The molecule has 0 bridgehead atoms. The molecule has 3 nitrogen and oxygen atoms in total. The minimum atomic E-state index is 0. The number of nitrogens with one attached hydrogen (secondary N) is 1. The largest absolute Gasteiger partial charge is 0.374 e. The van der Waals surface area contributed by atoms with E-state index in [0.29, 0.717) is 12.1 Å². The first-order chi connectivity index (χ1) is 4.86. The highest BCUT2D eigenvalue weighted by molar-refractivity contribution is 5.85. The number of halogens is 2. The number of hydrogen-bond donors (Lipinski definition) is 1. The zero-order chi connectivity index (χ0) is 6.97. The molecule has 0 aliphatic carbocycles. The average molecular weight is 215 g/mol. The van der Waals surface area contributed by atoms with Gasteiger partial charge in [0.2, 0.25) is 0 Å². The predicted octanol–water partition coefficient (Wildman–Crippen LogP) is 0.132. The van der Waals surface area contributed by atoms with Crippen LogP contribution >= 0.6 is 24.8 Å². The van der Waals surface area contributed by atoms with Crippen LogP contribution in [-0.2, 0) is 4.74 Å². The van der Waals surface area contributed by atoms with Crippen molar-refractivity contribution in [3.63, 3.8) is 0 Å². The second kappa shape index (κ2) is 5.25. The highest BCUT2D eigenvalue weighted by Gasteiger charge is 2.33. The standard InChI is InChI=1S/C7H14N2O.2ClH/c1-9-4-6-7(5-9)10-3-2-8-6;;/h6-8H,2-5H2,1H3;2*1H. The first-order valence-electron chi connectivity index (χ1n) is 3.90. The molecule has 2 atom stereocenters. The van der Waals surface area contributed by atoms with Gasteiger partial charge in [-0.2, -0.15) is 0 Å². The van der Waals surface area contributed by atoms with E-state index in [4.69, 9.17) is 4.74 Å². The van der Waals surface area contributed by atoms with E-state index in [0.717, 1.165) is 26.2 Å². The van der Waals surface area contributed by atoms with Gasteiger partial charge in [-0.3, -0.25) is 0 Å². The molecule has 12 heavy (non-hydrogen) atoms. The molecule has 2 saturated heterocycles. The Morgan fingerprint density at radius 3 is 2.75 bits per heavy atom. The molecule has 0 radical (unpaired) electrons. The number of fused-ring (bicyclic) bond motifs is 1. The smallest absolute Gasteiger partial charge is 0.0867 e. The third kappa shape index (κ3) is 2.47. The Kier molecular flexibility index (Phi) is 5.45. The van der Waals surface area contributed by atoms with Crippen LogP contribution in [0.25, 0.3) is 0 Å². The van der Waals surface area contributed by atoms with Crippen LogP contribution in [0.15, 0.2) is 0 Å². The Hall–Kier alpha value is 0.460. The van der Waals surface area contributed by atoms with Crippen LogP contribution in [0.1, 0.15) is 0 Å². The zero-order valence-electron chi connectivity index (χ0n) is 7.16. The lowest BCUT2D eigenvalue weighted by atomic mass is 10.2. The van der Waals surface area contributed by atoms with Crippen molar-refractivity contribution in [3.8, 4) is 0 Å². The van der Waals surface area contributed by atoms with Gasteiger partial charge in [0.25, 0.3) is 0 Å². The van der Waals surface area contributed by atoms with Gasteiger partial charge in [-0.1, -0.05) is 0 Å². The summed E-state index contributed by atoms with van der Waals surface area (Å²) in [6, 6.07) is 0.596. The highest BCUT2D eigenvalue weighted by Crippen LogP contribution is 2.13. The maximum atomic E-state index is 5.57. The molecule has 0 spiro atoms. The van der Waals surface area contributed by atoms with Crippen molar-refractivity contribution in [1.29, 1.82) is 0 Å². The van der Waals surface area contributed by atoms with Crippen LogP contribution in [0.2, 0.25) is 0 Å². The van der Waals surface area contributed by atoms with Crippen LogP contribution in [0.4, 0.5) is 0 Å². The Balaban J connectivity index is 0.000000605. The Labute approximate surface area is 85.6 Å².